The zero-order chi connectivity index (χ0) is 21.1. The van der Waals surface area contributed by atoms with Crippen molar-refractivity contribution in [2.75, 3.05) is 0 Å². The predicted octanol–water partition coefficient (Wildman–Crippen LogP) is 5.76. The summed E-state index contributed by atoms with van der Waals surface area (Å²) in [5, 5.41) is 23.0. The summed E-state index contributed by atoms with van der Waals surface area (Å²) >= 11 is 0. The van der Waals surface area contributed by atoms with Crippen LogP contribution in [0.25, 0.3) is 21.9 Å². The summed E-state index contributed by atoms with van der Waals surface area (Å²) in [6.07, 6.45) is 0.567. The normalized spacial score (nSPS) is 11.0. The zero-order valence-electron chi connectivity index (χ0n) is 16.6. The van der Waals surface area contributed by atoms with Gasteiger partial charge >= 0.3 is 0 Å². The highest BCUT2D eigenvalue weighted by atomic mass is 16.5. The van der Waals surface area contributed by atoms with E-state index in [0.717, 1.165) is 21.9 Å². The Morgan fingerprint density at radius 1 is 0.833 bits per heavy atom. The minimum Gasteiger partial charge on any atom is -0.504 e. The molecule has 0 saturated heterocycles. The summed E-state index contributed by atoms with van der Waals surface area (Å²) in [5.74, 6) is -0.695. The Hall–Kier alpha value is -3.63. The molecule has 0 bridgehead atoms. The first-order chi connectivity index (χ1) is 14.6. The van der Waals surface area contributed by atoms with Gasteiger partial charge in [-0.25, -0.2) is 0 Å². The number of aromatic hydroxyl groups is 2. The highest BCUT2D eigenvalue weighted by Crippen LogP contribution is 2.42. The fourth-order valence-corrected chi connectivity index (χ4v) is 3.88. The molecule has 0 spiro atoms. The number of fused-ring (bicyclic) bond motifs is 1. The van der Waals surface area contributed by atoms with Gasteiger partial charge in [0.2, 0.25) is 0 Å². The molecule has 0 radical (unpaired) electrons. The summed E-state index contributed by atoms with van der Waals surface area (Å²) in [4.78, 5) is 11.8. The van der Waals surface area contributed by atoms with Crippen molar-refractivity contribution in [1.82, 2.24) is 0 Å². The van der Waals surface area contributed by atoms with E-state index >= 15 is 0 Å². The molecule has 4 aromatic rings. The Labute approximate surface area is 175 Å². The largest absolute Gasteiger partial charge is 0.504 e. The van der Waals surface area contributed by atoms with Crippen LogP contribution in [0.1, 0.15) is 27.0 Å². The van der Waals surface area contributed by atoms with Gasteiger partial charge in [0.15, 0.2) is 17.8 Å². The van der Waals surface area contributed by atoms with Crippen LogP contribution in [0.3, 0.4) is 0 Å². The van der Waals surface area contributed by atoms with E-state index in [0.29, 0.717) is 29.6 Å². The Kier molecular flexibility index (Phi) is 5.50. The van der Waals surface area contributed by atoms with Crippen molar-refractivity contribution in [3.8, 4) is 22.6 Å². The molecule has 0 aromatic heterocycles. The van der Waals surface area contributed by atoms with Crippen molar-refractivity contribution < 1.29 is 19.7 Å². The second-order valence-corrected chi connectivity index (χ2v) is 7.20. The van der Waals surface area contributed by atoms with E-state index in [-0.39, 0.29) is 17.9 Å². The Morgan fingerprint density at radius 2 is 1.53 bits per heavy atom. The second-order valence-electron chi connectivity index (χ2n) is 7.20. The number of phenols is 2. The fraction of sp³-hybridized carbons (Fsp3) is 0.115. The van der Waals surface area contributed by atoms with Crippen LogP contribution >= 0.6 is 0 Å². The highest BCUT2D eigenvalue weighted by Gasteiger charge is 2.22. The first kappa shape index (κ1) is 19.7. The molecule has 0 heterocycles. The highest BCUT2D eigenvalue weighted by molar-refractivity contribution is 5.90. The van der Waals surface area contributed by atoms with E-state index in [4.69, 9.17) is 4.74 Å². The minimum absolute atomic E-state index is 0.0508. The molecule has 0 aliphatic rings. The number of hydrogen-bond donors (Lipinski definition) is 2. The van der Waals surface area contributed by atoms with Gasteiger partial charge in [-0.2, -0.15) is 0 Å². The van der Waals surface area contributed by atoms with Crippen molar-refractivity contribution >= 4 is 17.1 Å². The van der Waals surface area contributed by atoms with Crippen molar-refractivity contribution in [3.05, 3.63) is 95.1 Å². The van der Waals surface area contributed by atoms with Crippen LogP contribution in [-0.2, 0) is 18.0 Å². The SMILES string of the molecule is Cc1c(O)c(O)c(C=O)c(COCc2cccc3ccccc23)c1-c1ccccc1. The summed E-state index contributed by atoms with van der Waals surface area (Å²) in [6.45, 7) is 2.20. The molecule has 4 heteroatoms. The smallest absolute Gasteiger partial charge is 0.168 e. The standard InChI is InChI=1S/C26H22O4/c1-17-24(19-9-3-2-4-10-19)23(22(14-27)26(29)25(17)28)16-30-15-20-12-7-11-18-8-5-6-13-21(18)20/h2-14,28-29H,15-16H2,1H3. The molecule has 150 valence electrons. The second kappa shape index (κ2) is 8.39. The maximum absolute atomic E-state index is 11.8. The average molecular weight is 398 g/mol. The van der Waals surface area contributed by atoms with Gasteiger partial charge < -0.3 is 14.9 Å². The number of benzene rings is 4. The summed E-state index contributed by atoms with van der Waals surface area (Å²) in [5.41, 5.74) is 3.71. The van der Waals surface area contributed by atoms with Gasteiger partial charge in [0.1, 0.15) is 0 Å². The number of carbonyl (C=O) groups excluding carboxylic acids is 1. The van der Waals surface area contributed by atoms with Gasteiger partial charge in [0.25, 0.3) is 0 Å². The van der Waals surface area contributed by atoms with Crippen LogP contribution in [0.15, 0.2) is 72.8 Å². The van der Waals surface area contributed by atoms with E-state index in [2.05, 4.69) is 18.2 Å². The van der Waals surface area contributed by atoms with Gasteiger partial charge in [-0.05, 0) is 34.4 Å². The third kappa shape index (κ3) is 3.53. The maximum Gasteiger partial charge on any atom is 0.168 e. The molecule has 2 N–H and O–H groups in total. The monoisotopic (exact) mass is 398 g/mol. The van der Waals surface area contributed by atoms with Crippen LogP contribution in [0.2, 0.25) is 0 Å². The lowest BCUT2D eigenvalue weighted by Crippen LogP contribution is -2.04. The first-order valence-corrected chi connectivity index (χ1v) is 9.74. The number of hydrogen-bond acceptors (Lipinski definition) is 4. The number of phenolic OH excluding ortho intramolecular Hbond substituents is 2. The van der Waals surface area contributed by atoms with Gasteiger partial charge in [0.05, 0.1) is 18.8 Å². The topological polar surface area (TPSA) is 66.8 Å². The van der Waals surface area contributed by atoms with Gasteiger partial charge in [0, 0.05) is 11.1 Å². The molecule has 0 unspecified atom stereocenters. The third-order valence-corrected chi connectivity index (χ3v) is 5.40. The van der Waals surface area contributed by atoms with Crippen molar-refractivity contribution in [2.45, 2.75) is 20.1 Å². The summed E-state index contributed by atoms with van der Waals surface area (Å²) < 4.78 is 6.02. The molecule has 30 heavy (non-hydrogen) atoms. The zero-order valence-corrected chi connectivity index (χ0v) is 16.6. The summed E-state index contributed by atoms with van der Waals surface area (Å²) in [7, 11) is 0. The van der Waals surface area contributed by atoms with E-state index < -0.39 is 5.75 Å². The van der Waals surface area contributed by atoms with Crippen molar-refractivity contribution in [1.29, 1.82) is 0 Å². The summed E-state index contributed by atoms with van der Waals surface area (Å²) in [6, 6.07) is 23.6. The van der Waals surface area contributed by atoms with Crippen LogP contribution < -0.4 is 0 Å². The van der Waals surface area contributed by atoms with E-state index in [9.17, 15) is 15.0 Å². The molecular formula is C26H22O4. The van der Waals surface area contributed by atoms with Crippen molar-refractivity contribution in [2.24, 2.45) is 0 Å². The van der Waals surface area contributed by atoms with Crippen LogP contribution in [0, 0.1) is 6.92 Å². The molecule has 0 atom stereocenters. The third-order valence-electron chi connectivity index (χ3n) is 5.40. The van der Waals surface area contributed by atoms with Crippen LogP contribution in [0.5, 0.6) is 11.5 Å². The Balaban J connectivity index is 1.72. The molecule has 4 aromatic carbocycles. The molecule has 4 nitrogen and oxygen atoms in total. The predicted molar refractivity (Wildman–Crippen MR) is 118 cm³/mol. The van der Waals surface area contributed by atoms with Gasteiger partial charge in [-0.3, -0.25) is 4.79 Å². The maximum atomic E-state index is 11.8. The quantitative estimate of drug-likeness (QED) is 0.320. The van der Waals surface area contributed by atoms with E-state index in [1.54, 1.807) is 6.92 Å². The molecular weight excluding hydrogens is 376 g/mol. The lowest BCUT2D eigenvalue weighted by Gasteiger charge is -2.19. The lowest BCUT2D eigenvalue weighted by atomic mass is 9.90. The van der Waals surface area contributed by atoms with Crippen molar-refractivity contribution in [3.63, 3.8) is 0 Å². The number of aldehydes is 1. The van der Waals surface area contributed by atoms with Crippen LogP contribution in [-0.4, -0.2) is 16.5 Å². The molecule has 0 saturated carbocycles. The molecule has 0 aliphatic heterocycles. The van der Waals surface area contributed by atoms with E-state index in [1.807, 2.05) is 54.6 Å². The fourth-order valence-electron chi connectivity index (χ4n) is 3.88. The molecule has 0 amide bonds. The van der Waals surface area contributed by atoms with Gasteiger partial charge in [-0.15, -0.1) is 0 Å². The van der Waals surface area contributed by atoms with E-state index in [1.165, 1.54) is 0 Å². The first-order valence-electron chi connectivity index (χ1n) is 9.74. The molecule has 0 fully saturated rings. The lowest BCUT2D eigenvalue weighted by molar-refractivity contribution is 0.104. The molecule has 0 aliphatic carbocycles. The number of carbonyl (C=O) groups is 1. The van der Waals surface area contributed by atoms with Crippen LogP contribution in [0.4, 0.5) is 0 Å². The number of ether oxygens (including phenoxy) is 1. The van der Waals surface area contributed by atoms with Gasteiger partial charge in [-0.1, -0.05) is 72.8 Å². The Bertz CT molecular complexity index is 1210. The average Bonchev–Trinajstić information content (AvgIpc) is 2.79. The molecule has 4 rings (SSSR count). The Morgan fingerprint density at radius 3 is 2.30 bits per heavy atom. The minimum atomic E-state index is -0.411. The number of rotatable bonds is 6.